The highest BCUT2D eigenvalue weighted by molar-refractivity contribution is 5.06. The van der Waals surface area contributed by atoms with Crippen LogP contribution in [0.5, 0.6) is 0 Å². The van der Waals surface area contributed by atoms with E-state index in [2.05, 4.69) is 17.3 Å². The summed E-state index contributed by atoms with van der Waals surface area (Å²) in [5, 5.41) is 17.5. The van der Waals surface area contributed by atoms with E-state index in [1.165, 1.54) is 0 Å². The highest BCUT2D eigenvalue weighted by Crippen LogP contribution is 2.16. The van der Waals surface area contributed by atoms with Gasteiger partial charge in [-0.2, -0.15) is 5.10 Å². The quantitative estimate of drug-likeness (QED) is 0.746. The van der Waals surface area contributed by atoms with Crippen molar-refractivity contribution in [2.45, 2.75) is 45.9 Å². The maximum atomic E-state index is 10.1. The highest BCUT2D eigenvalue weighted by atomic mass is 16.3. The van der Waals surface area contributed by atoms with Gasteiger partial charge in [-0.15, -0.1) is 0 Å². The lowest BCUT2D eigenvalue weighted by Gasteiger charge is -2.20. The van der Waals surface area contributed by atoms with Crippen molar-refractivity contribution in [3.8, 4) is 0 Å². The first kappa shape index (κ1) is 12.2. The van der Waals surface area contributed by atoms with Gasteiger partial charge in [0.25, 0.3) is 0 Å². The molecule has 0 saturated carbocycles. The number of rotatable bonds is 6. The lowest BCUT2D eigenvalue weighted by atomic mass is 10.1. The molecule has 2 unspecified atom stereocenters. The van der Waals surface area contributed by atoms with Crippen LogP contribution in [0.3, 0.4) is 0 Å². The van der Waals surface area contributed by atoms with Crippen molar-refractivity contribution in [2.24, 2.45) is 0 Å². The molecule has 0 aliphatic carbocycles. The monoisotopic (exact) mass is 211 g/mol. The van der Waals surface area contributed by atoms with Gasteiger partial charge < -0.3 is 10.4 Å². The lowest BCUT2D eigenvalue weighted by Crippen LogP contribution is -2.33. The van der Waals surface area contributed by atoms with Crippen molar-refractivity contribution in [3.05, 3.63) is 18.0 Å². The summed E-state index contributed by atoms with van der Waals surface area (Å²) in [6, 6.07) is 1.94. The van der Waals surface area contributed by atoms with E-state index in [0.29, 0.717) is 0 Å². The molecule has 86 valence electrons. The molecule has 1 heterocycles. The van der Waals surface area contributed by atoms with Gasteiger partial charge in [0, 0.05) is 18.8 Å². The molecule has 0 radical (unpaired) electrons. The summed E-state index contributed by atoms with van der Waals surface area (Å²) in [5.41, 5.74) is 0.894. The number of likely N-dealkylation sites (N-methyl/N-ethyl adjacent to an activating group) is 1. The molecule has 0 aromatic carbocycles. The Morgan fingerprint density at radius 3 is 2.87 bits per heavy atom. The van der Waals surface area contributed by atoms with E-state index in [9.17, 15) is 5.11 Å². The minimum absolute atomic E-state index is 0.0577. The number of aliphatic hydroxyl groups is 1. The molecule has 15 heavy (non-hydrogen) atoms. The van der Waals surface area contributed by atoms with Crippen LogP contribution in [0, 0.1) is 0 Å². The zero-order chi connectivity index (χ0) is 11.3. The van der Waals surface area contributed by atoms with Crippen molar-refractivity contribution < 1.29 is 5.11 Å². The zero-order valence-corrected chi connectivity index (χ0v) is 9.77. The van der Waals surface area contributed by atoms with Crippen LogP contribution >= 0.6 is 0 Å². The predicted molar refractivity (Wildman–Crippen MR) is 60.6 cm³/mol. The minimum atomic E-state index is -0.487. The van der Waals surface area contributed by atoms with Crippen molar-refractivity contribution >= 4 is 0 Å². The summed E-state index contributed by atoms with van der Waals surface area (Å²) in [6.07, 6.45) is 2.28. The van der Waals surface area contributed by atoms with Crippen LogP contribution in [0.4, 0.5) is 0 Å². The van der Waals surface area contributed by atoms with E-state index in [0.717, 1.165) is 25.2 Å². The number of aliphatic hydroxyl groups excluding tert-OH is 1. The third-order valence-electron chi connectivity index (χ3n) is 2.49. The standard InChI is InChI=1S/C11H21N3O/c1-4-8-14-10(6-7-13-14)11(15)9(3)12-5-2/h6-7,9,11-12,15H,4-5,8H2,1-3H3. The Balaban J connectivity index is 2.71. The first-order valence-electron chi connectivity index (χ1n) is 5.63. The molecule has 0 saturated heterocycles. The third kappa shape index (κ3) is 3.04. The van der Waals surface area contributed by atoms with Gasteiger partial charge >= 0.3 is 0 Å². The zero-order valence-electron chi connectivity index (χ0n) is 9.77. The topological polar surface area (TPSA) is 50.1 Å². The van der Waals surface area contributed by atoms with Gasteiger partial charge in [0.2, 0.25) is 0 Å². The summed E-state index contributed by atoms with van der Waals surface area (Å²) < 4.78 is 1.87. The van der Waals surface area contributed by atoms with Crippen LogP contribution < -0.4 is 5.32 Å². The number of nitrogens with one attached hydrogen (secondary N) is 1. The fraction of sp³-hybridized carbons (Fsp3) is 0.727. The van der Waals surface area contributed by atoms with Crippen molar-refractivity contribution in [3.63, 3.8) is 0 Å². The van der Waals surface area contributed by atoms with Gasteiger partial charge in [-0.3, -0.25) is 4.68 Å². The van der Waals surface area contributed by atoms with Crippen LogP contribution in [-0.2, 0) is 6.54 Å². The Bertz CT molecular complexity index is 285. The van der Waals surface area contributed by atoms with E-state index in [1.807, 2.05) is 24.6 Å². The predicted octanol–water partition coefficient (Wildman–Crippen LogP) is 1.32. The number of aryl methyl sites for hydroxylation is 1. The molecule has 0 aliphatic heterocycles. The SMILES string of the molecule is CCCn1nccc1C(O)C(C)NCC. The Hall–Kier alpha value is -0.870. The van der Waals surface area contributed by atoms with Gasteiger partial charge in [-0.05, 0) is 26.0 Å². The van der Waals surface area contributed by atoms with Crippen LogP contribution in [0.25, 0.3) is 0 Å². The summed E-state index contributed by atoms with van der Waals surface area (Å²) in [5.74, 6) is 0. The van der Waals surface area contributed by atoms with E-state index < -0.39 is 6.10 Å². The average molecular weight is 211 g/mol. The van der Waals surface area contributed by atoms with Crippen molar-refractivity contribution in [1.82, 2.24) is 15.1 Å². The third-order valence-corrected chi connectivity index (χ3v) is 2.49. The van der Waals surface area contributed by atoms with Gasteiger partial charge in [0.1, 0.15) is 6.10 Å². The summed E-state index contributed by atoms with van der Waals surface area (Å²) >= 11 is 0. The van der Waals surface area contributed by atoms with Crippen molar-refractivity contribution in [1.29, 1.82) is 0 Å². The van der Waals surface area contributed by atoms with Crippen LogP contribution in [0.2, 0.25) is 0 Å². The molecule has 0 fully saturated rings. The van der Waals surface area contributed by atoms with Crippen LogP contribution in [0.15, 0.2) is 12.3 Å². The minimum Gasteiger partial charge on any atom is -0.385 e. The molecular weight excluding hydrogens is 190 g/mol. The fourth-order valence-electron chi connectivity index (χ4n) is 1.68. The van der Waals surface area contributed by atoms with Gasteiger partial charge in [-0.1, -0.05) is 13.8 Å². The van der Waals surface area contributed by atoms with E-state index in [-0.39, 0.29) is 6.04 Å². The largest absolute Gasteiger partial charge is 0.385 e. The fourth-order valence-corrected chi connectivity index (χ4v) is 1.68. The maximum absolute atomic E-state index is 10.1. The molecule has 2 atom stereocenters. The van der Waals surface area contributed by atoms with Crippen LogP contribution in [-0.4, -0.2) is 27.5 Å². The lowest BCUT2D eigenvalue weighted by molar-refractivity contribution is 0.127. The average Bonchev–Trinajstić information content (AvgIpc) is 2.66. The molecule has 1 rings (SSSR count). The van der Waals surface area contributed by atoms with E-state index >= 15 is 0 Å². The normalized spacial score (nSPS) is 15.2. The molecule has 0 spiro atoms. The number of aromatic nitrogens is 2. The molecule has 0 aliphatic rings. The number of nitrogens with zero attached hydrogens (tertiary/aromatic N) is 2. The van der Waals surface area contributed by atoms with Gasteiger partial charge in [0.05, 0.1) is 5.69 Å². The summed E-state index contributed by atoms with van der Waals surface area (Å²) in [7, 11) is 0. The second kappa shape index (κ2) is 5.88. The van der Waals surface area contributed by atoms with Gasteiger partial charge in [0.15, 0.2) is 0 Å². The second-order valence-corrected chi connectivity index (χ2v) is 3.77. The maximum Gasteiger partial charge on any atom is 0.111 e. The van der Waals surface area contributed by atoms with Gasteiger partial charge in [-0.25, -0.2) is 0 Å². The molecular formula is C11H21N3O. The Morgan fingerprint density at radius 2 is 2.27 bits per heavy atom. The summed E-state index contributed by atoms with van der Waals surface area (Å²) in [4.78, 5) is 0. The molecule has 0 amide bonds. The first-order valence-corrected chi connectivity index (χ1v) is 5.63. The Morgan fingerprint density at radius 1 is 1.53 bits per heavy atom. The second-order valence-electron chi connectivity index (χ2n) is 3.77. The molecule has 1 aromatic heterocycles. The smallest absolute Gasteiger partial charge is 0.111 e. The molecule has 4 nitrogen and oxygen atoms in total. The van der Waals surface area contributed by atoms with Crippen molar-refractivity contribution in [2.75, 3.05) is 6.54 Å². The van der Waals surface area contributed by atoms with Crippen LogP contribution in [0.1, 0.15) is 39.0 Å². The highest BCUT2D eigenvalue weighted by Gasteiger charge is 2.18. The Kier molecular flexibility index (Phi) is 4.78. The first-order chi connectivity index (χ1) is 7.20. The molecule has 2 N–H and O–H groups in total. The molecule has 0 bridgehead atoms. The number of hydrogen-bond acceptors (Lipinski definition) is 3. The molecule has 4 heteroatoms. The number of hydrogen-bond donors (Lipinski definition) is 2. The summed E-state index contributed by atoms with van der Waals surface area (Å²) in [6.45, 7) is 7.84. The van der Waals surface area contributed by atoms with E-state index in [4.69, 9.17) is 0 Å². The Labute approximate surface area is 91.3 Å². The molecule has 1 aromatic rings. The van der Waals surface area contributed by atoms with E-state index in [1.54, 1.807) is 6.20 Å².